The summed E-state index contributed by atoms with van der Waals surface area (Å²) < 4.78 is 5.26. The van der Waals surface area contributed by atoms with Gasteiger partial charge in [-0.15, -0.1) is 0 Å². The summed E-state index contributed by atoms with van der Waals surface area (Å²) in [7, 11) is 1.67. The Bertz CT molecular complexity index is 638. The fourth-order valence-electron chi connectivity index (χ4n) is 4.31. The molecular formula is C20H29N3O3. The van der Waals surface area contributed by atoms with Gasteiger partial charge in [0, 0.05) is 25.0 Å². The highest BCUT2D eigenvalue weighted by Gasteiger charge is 2.36. The lowest BCUT2D eigenvalue weighted by Gasteiger charge is -2.34. The third-order valence-electron chi connectivity index (χ3n) is 5.95. The molecule has 0 aromatic heterocycles. The van der Waals surface area contributed by atoms with E-state index in [-0.39, 0.29) is 23.3 Å². The number of hydrogen-bond donors (Lipinski definition) is 2. The van der Waals surface area contributed by atoms with E-state index in [1.54, 1.807) is 12.0 Å². The molecule has 2 fully saturated rings. The zero-order valence-corrected chi connectivity index (χ0v) is 15.5. The first-order chi connectivity index (χ1) is 12.5. The van der Waals surface area contributed by atoms with Crippen LogP contribution in [0.2, 0.25) is 0 Å². The predicted molar refractivity (Wildman–Crippen MR) is 100 cm³/mol. The highest BCUT2D eigenvalue weighted by molar-refractivity contribution is 5.79. The molecule has 1 saturated heterocycles. The van der Waals surface area contributed by atoms with Crippen molar-refractivity contribution in [1.29, 1.82) is 0 Å². The van der Waals surface area contributed by atoms with E-state index in [0.29, 0.717) is 19.6 Å². The number of urea groups is 1. The number of methoxy groups -OCH3 is 1. The molecule has 142 valence electrons. The van der Waals surface area contributed by atoms with Crippen molar-refractivity contribution in [3.8, 4) is 5.75 Å². The summed E-state index contributed by atoms with van der Waals surface area (Å²) in [6, 6.07) is 8.11. The van der Waals surface area contributed by atoms with Gasteiger partial charge in [0.05, 0.1) is 13.0 Å². The SMILES string of the molecule is COc1ccc(C2(CNC(=O)N3CCC[C@H](C(N)=O)C3)CCCC2)cc1. The normalized spacial score (nSPS) is 22.0. The number of likely N-dealkylation sites (tertiary alicyclic amines) is 1. The van der Waals surface area contributed by atoms with Crippen molar-refractivity contribution in [2.45, 2.75) is 43.9 Å². The lowest BCUT2D eigenvalue weighted by molar-refractivity contribution is -0.123. The second kappa shape index (κ2) is 7.98. The second-order valence-electron chi connectivity index (χ2n) is 7.56. The van der Waals surface area contributed by atoms with Gasteiger partial charge < -0.3 is 20.7 Å². The predicted octanol–water partition coefficient (Wildman–Crippen LogP) is 2.41. The van der Waals surface area contributed by atoms with E-state index in [4.69, 9.17) is 10.5 Å². The minimum absolute atomic E-state index is 0.0131. The van der Waals surface area contributed by atoms with Crippen LogP contribution in [-0.4, -0.2) is 43.6 Å². The fourth-order valence-corrected chi connectivity index (χ4v) is 4.31. The Morgan fingerprint density at radius 2 is 1.92 bits per heavy atom. The Kier molecular flexibility index (Phi) is 5.69. The van der Waals surface area contributed by atoms with Gasteiger partial charge in [0.1, 0.15) is 5.75 Å². The summed E-state index contributed by atoms with van der Waals surface area (Å²) in [6.07, 6.45) is 6.09. The molecule has 0 spiro atoms. The van der Waals surface area contributed by atoms with Crippen LogP contribution >= 0.6 is 0 Å². The van der Waals surface area contributed by atoms with E-state index >= 15 is 0 Å². The monoisotopic (exact) mass is 359 g/mol. The number of nitrogens with two attached hydrogens (primary N) is 1. The number of rotatable bonds is 5. The molecule has 3 rings (SSSR count). The third kappa shape index (κ3) is 3.94. The number of primary amides is 1. The van der Waals surface area contributed by atoms with E-state index < -0.39 is 0 Å². The third-order valence-corrected chi connectivity index (χ3v) is 5.95. The molecule has 26 heavy (non-hydrogen) atoms. The molecule has 1 aliphatic heterocycles. The topological polar surface area (TPSA) is 84.7 Å². The van der Waals surface area contributed by atoms with E-state index in [0.717, 1.165) is 31.4 Å². The van der Waals surface area contributed by atoms with Gasteiger partial charge >= 0.3 is 6.03 Å². The number of nitrogens with zero attached hydrogens (tertiary/aromatic N) is 1. The van der Waals surface area contributed by atoms with E-state index in [9.17, 15) is 9.59 Å². The molecule has 1 atom stereocenters. The van der Waals surface area contributed by atoms with Gasteiger partial charge in [0.2, 0.25) is 5.91 Å². The van der Waals surface area contributed by atoms with Crippen molar-refractivity contribution in [2.24, 2.45) is 11.7 Å². The summed E-state index contributed by atoms with van der Waals surface area (Å²) in [5.74, 6) is 0.307. The molecular weight excluding hydrogens is 330 g/mol. The van der Waals surface area contributed by atoms with E-state index in [1.807, 2.05) is 12.1 Å². The first-order valence-electron chi connectivity index (χ1n) is 9.51. The molecule has 6 heteroatoms. The maximum Gasteiger partial charge on any atom is 0.317 e. The van der Waals surface area contributed by atoms with Gasteiger partial charge in [0.15, 0.2) is 0 Å². The maximum atomic E-state index is 12.6. The molecule has 6 nitrogen and oxygen atoms in total. The Morgan fingerprint density at radius 1 is 1.23 bits per heavy atom. The lowest BCUT2D eigenvalue weighted by atomic mass is 9.79. The minimum Gasteiger partial charge on any atom is -0.497 e. The Balaban J connectivity index is 1.65. The van der Waals surface area contributed by atoms with Crippen LogP contribution in [0, 0.1) is 5.92 Å². The van der Waals surface area contributed by atoms with Crippen molar-refractivity contribution in [3.05, 3.63) is 29.8 Å². The summed E-state index contributed by atoms with van der Waals surface area (Å²) in [5.41, 5.74) is 6.66. The lowest BCUT2D eigenvalue weighted by Crippen LogP contribution is -2.50. The second-order valence-corrected chi connectivity index (χ2v) is 7.56. The summed E-state index contributed by atoms with van der Waals surface area (Å²) >= 11 is 0. The molecule has 1 saturated carbocycles. The Labute approximate surface area is 155 Å². The highest BCUT2D eigenvalue weighted by Crippen LogP contribution is 2.41. The molecule has 1 aliphatic carbocycles. The van der Waals surface area contributed by atoms with E-state index in [1.165, 1.54) is 18.4 Å². The number of nitrogens with one attached hydrogen (secondary N) is 1. The molecule has 0 radical (unpaired) electrons. The van der Waals surface area contributed by atoms with Crippen LogP contribution in [0.15, 0.2) is 24.3 Å². The first kappa shape index (κ1) is 18.5. The molecule has 0 unspecified atom stereocenters. The van der Waals surface area contributed by atoms with Gasteiger partial charge in [-0.2, -0.15) is 0 Å². The fraction of sp³-hybridized carbons (Fsp3) is 0.600. The minimum atomic E-state index is -0.312. The van der Waals surface area contributed by atoms with Crippen LogP contribution in [0.1, 0.15) is 44.1 Å². The van der Waals surface area contributed by atoms with Crippen LogP contribution in [0.25, 0.3) is 0 Å². The van der Waals surface area contributed by atoms with Crippen LogP contribution in [-0.2, 0) is 10.2 Å². The van der Waals surface area contributed by atoms with Gasteiger partial charge in [-0.05, 0) is 43.4 Å². The van der Waals surface area contributed by atoms with Crippen molar-refractivity contribution in [3.63, 3.8) is 0 Å². The smallest absolute Gasteiger partial charge is 0.317 e. The molecule has 3 amide bonds. The summed E-state index contributed by atoms with van der Waals surface area (Å²) in [5, 5.41) is 3.13. The summed E-state index contributed by atoms with van der Waals surface area (Å²) in [4.78, 5) is 25.8. The quantitative estimate of drug-likeness (QED) is 0.847. The van der Waals surface area contributed by atoms with Crippen LogP contribution in [0.5, 0.6) is 5.75 Å². The Morgan fingerprint density at radius 3 is 2.54 bits per heavy atom. The zero-order valence-electron chi connectivity index (χ0n) is 15.5. The van der Waals surface area contributed by atoms with Gasteiger partial charge in [0.25, 0.3) is 0 Å². The Hall–Kier alpha value is -2.24. The number of carbonyl (C=O) groups excluding carboxylic acids is 2. The standard InChI is InChI=1S/C20H29N3O3/c1-26-17-8-6-16(7-9-17)20(10-2-3-11-20)14-22-19(25)23-12-4-5-15(13-23)18(21)24/h6-9,15H,2-5,10-14H2,1H3,(H2,21,24)(H,22,25)/t15-/m0/s1. The number of amides is 3. The van der Waals surface area contributed by atoms with E-state index in [2.05, 4.69) is 17.4 Å². The molecule has 3 N–H and O–H groups in total. The maximum absolute atomic E-state index is 12.6. The van der Waals surface area contributed by atoms with Crippen molar-refractivity contribution in [1.82, 2.24) is 10.2 Å². The average molecular weight is 359 g/mol. The zero-order chi connectivity index (χ0) is 18.6. The van der Waals surface area contributed by atoms with Crippen LogP contribution in [0.3, 0.4) is 0 Å². The van der Waals surface area contributed by atoms with Gasteiger partial charge in [-0.1, -0.05) is 25.0 Å². The van der Waals surface area contributed by atoms with Crippen molar-refractivity contribution < 1.29 is 14.3 Å². The number of hydrogen-bond acceptors (Lipinski definition) is 3. The van der Waals surface area contributed by atoms with Gasteiger partial charge in [-0.3, -0.25) is 4.79 Å². The number of benzene rings is 1. The largest absolute Gasteiger partial charge is 0.497 e. The first-order valence-corrected chi connectivity index (χ1v) is 9.51. The van der Waals surface area contributed by atoms with Crippen LogP contribution in [0.4, 0.5) is 4.79 Å². The van der Waals surface area contributed by atoms with Crippen LogP contribution < -0.4 is 15.8 Å². The number of ether oxygens (including phenoxy) is 1. The molecule has 1 aromatic carbocycles. The summed E-state index contributed by atoms with van der Waals surface area (Å²) in [6.45, 7) is 1.73. The van der Waals surface area contributed by atoms with Crippen molar-refractivity contribution >= 4 is 11.9 Å². The van der Waals surface area contributed by atoms with Crippen molar-refractivity contribution in [2.75, 3.05) is 26.7 Å². The molecule has 0 bridgehead atoms. The molecule has 1 aromatic rings. The molecule has 1 heterocycles. The number of carbonyl (C=O) groups is 2. The molecule has 2 aliphatic rings. The number of piperidine rings is 1. The van der Waals surface area contributed by atoms with Gasteiger partial charge in [-0.25, -0.2) is 4.79 Å². The average Bonchev–Trinajstić information content (AvgIpc) is 3.16. The highest BCUT2D eigenvalue weighted by atomic mass is 16.5.